The van der Waals surface area contributed by atoms with Crippen LogP contribution in [0, 0.1) is 0 Å². The van der Waals surface area contributed by atoms with E-state index in [1.807, 2.05) is 0 Å². The molecule has 1 N–H and O–H groups in total. The van der Waals surface area contributed by atoms with Crippen molar-refractivity contribution in [3.05, 3.63) is 34.8 Å². The molecule has 2 heterocycles. The van der Waals surface area contributed by atoms with Crippen molar-refractivity contribution in [2.45, 2.75) is 13.1 Å². The minimum absolute atomic E-state index is 0.00111. The van der Waals surface area contributed by atoms with Crippen molar-refractivity contribution >= 4 is 27.4 Å². The first kappa shape index (κ1) is 15.5. The van der Waals surface area contributed by atoms with Crippen LogP contribution in [0.3, 0.4) is 0 Å². The Hall–Kier alpha value is -2.42. The molecule has 0 saturated carbocycles. The Bertz CT molecular complexity index is 870. The van der Waals surface area contributed by atoms with Crippen molar-refractivity contribution in [2.24, 2.45) is 0 Å². The Balaban J connectivity index is 2.06. The topological polar surface area (TPSA) is 67.9 Å². The van der Waals surface area contributed by atoms with E-state index in [4.69, 9.17) is 4.74 Å². The highest BCUT2D eigenvalue weighted by Crippen LogP contribution is 2.39. The van der Waals surface area contributed by atoms with Crippen LogP contribution in [-0.4, -0.2) is 28.0 Å². The van der Waals surface area contributed by atoms with Crippen LogP contribution in [0.5, 0.6) is 0 Å². The Labute approximate surface area is 132 Å². The number of carbonyl (C=O) groups is 1. The van der Waals surface area contributed by atoms with Gasteiger partial charge in [0.1, 0.15) is 5.69 Å². The first-order chi connectivity index (χ1) is 10.9. The second-order valence-electron chi connectivity index (χ2n) is 4.60. The fourth-order valence-electron chi connectivity index (χ4n) is 2.17. The fourth-order valence-corrected chi connectivity index (χ4v) is 3.17. The smallest absolute Gasteiger partial charge is 0.417 e. The maximum absolute atomic E-state index is 12.9. The van der Waals surface area contributed by atoms with E-state index >= 15 is 0 Å². The molecular formula is C14H10F3N3O2S. The van der Waals surface area contributed by atoms with Gasteiger partial charge in [0.25, 0.3) is 0 Å². The van der Waals surface area contributed by atoms with Crippen molar-refractivity contribution < 1.29 is 22.7 Å². The summed E-state index contributed by atoms with van der Waals surface area (Å²) in [4.78, 5) is 11.8. The summed E-state index contributed by atoms with van der Waals surface area (Å²) in [6.45, 7) is 1.85. The number of fused-ring (bicyclic) bond motifs is 1. The number of halogens is 3. The number of aromatic amines is 1. The number of thiophene rings is 1. The summed E-state index contributed by atoms with van der Waals surface area (Å²) in [5, 5.41) is 11.2. The van der Waals surface area contributed by atoms with Gasteiger partial charge in [0.15, 0.2) is 5.69 Å². The Morgan fingerprint density at radius 3 is 2.83 bits per heavy atom. The number of benzene rings is 1. The van der Waals surface area contributed by atoms with Crippen molar-refractivity contribution in [2.75, 3.05) is 6.61 Å². The van der Waals surface area contributed by atoms with E-state index < -0.39 is 17.7 Å². The Morgan fingerprint density at radius 1 is 1.35 bits per heavy atom. The molecule has 120 valence electrons. The number of H-pyrrole nitrogens is 1. The van der Waals surface area contributed by atoms with E-state index in [0.717, 1.165) is 16.7 Å². The molecule has 0 aliphatic rings. The lowest BCUT2D eigenvalue weighted by Gasteiger charge is -2.05. The van der Waals surface area contributed by atoms with Gasteiger partial charge in [0.05, 0.1) is 12.2 Å². The number of rotatable bonds is 3. The van der Waals surface area contributed by atoms with Crippen LogP contribution in [0.2, 0.25) is 0 Å². The van der Waals surface area contributed by atoms with E-state index in [0.29, 0.717) is 10.3 Å². The minimum Gasteiger partial charge on any atom is -0.461 e. The molecule has 0 unspecified atom stereocenters. The van der Waals surface area contributed by atoms with Gasteiger partial charge in [-0.15, -0.1) is 16.4 Å². The molecule has 9 heteroatoms. The third kappa shape index (κ3) is 2.79. The highest BCUT2D eigenvalue weighted by atomic mass is 32.1. The monoisotopic (exact) mass is 341 g/mol. The standard InChI is InChI=1S/C14H10F3N3O2S/c1-2-22-13(21)12-11(18-20-19-12)7-3-4-8-9(14(15,16)17)6-23-10(8)5-7/h3-6H,2H2,1H3,(H,18,19,20). The van der Waals surface area contributed by atoms with Gasteiger partial charge in [-0.1, -0.05) is 12.1 Å². The minimum atomic E-state index is -4.40. The molecule has 0 bridgehead atoms. The van der Waals surface area contributed by atoms with Gasteiger partial charge >= 0.3 is 12.1 Å². The number of nitrogens with zero attached hydrogens (tertiary/aromatic N) is 2. The van der Waals surface area contributed by atoms with E-state index in [9.17, 15) is 18.0 Å². The van der Waals surface area contributed by atoms with Crippen LogP contribution in [0.25, 0.3) is 21.3 Å². The maximum Gasteiger partial charge on any atom is 0.417 e. The molecular weight excluding hydrogens is 331 g/mol. The van der Waals surface area contributed by atoms with Crippen LogP contribution >= 0.6 is 11.3 Å². The Morgan fingerprint density at radius 2 is 2.13 bits per heavy atom. The van der Waals surface area contributed by atoms with Crippen molar-refractivity contribution in [3.63, 3.8) is 0 Å². The summed E-state index contributed by atoms with van der Waals surface area (Å²) < 4.78 is 44.0. The van der Waals surface area contributed by atoms with Gasteiger partial charge in [-0.3, -0.25) is 0 Å². The second kappa shape index (κ2) is 5.65. The molecule has 23 heavy (non-hydrogen) atoms. The average Bonchev–Trinajstić information content (AvgIpc) is 3.12. The zero-order chi connectivity index (χ0) is 16.6. The van der Waals surface area contributed by atoms with E-state index in [1.54, 1.807) is 13.0 Å². The highest BCUT2D eigenvalue weighted by Gasteiger charge is 2.33. The lowest BCUT2D eigenvalue weighted by molar-refractivity contribution is -0.136. The Kier molecular flexibility index (Phi) is 3.80. The number of esters is 1. The predicted molar refractivity (Wildman–Crippen MR) is 78.2 cm³/mol. The number of hydrogen-bond acceptors (Lipinski definition) is 5. The molecule has 0 amide bonds. The third-order valence-electron chi connectivity index (χ3n) is 3.17. The molecule has 0 radical (unpaired) electrons. The molecule has 0 fully saturated rings. The molecule has 3 rings (SSSR count). The molecule has 0 atom stereocenters. The summed E-state index contributed by atoms with van der Waals surface area (Å²) in [7, 11) is 0. The first-order valence-corrected chi connectivity index (χ1v) is 7.46. The zero-order valence-electron chi connectivity index (χ0n) is 11.8. The lowest BCUT2D eigenvalue weighted by atomic mass is 10.1. The molecule has 5 nitrogen and oxygen atoms in total. The fraction of sp³-hybridized carbons (Fsp3) is 0.214. The molecule has 0 aliphatic carbocycles. The van der Waals surface area contributed by atoms with Crippen LogP contribution in [0.4, 0.5) is 13.2 Å². The SMILES string of the molecule is CCOC(=O)c1n[nH]nc1-c1ccc2c(C(F)(F)F)csc2c1. The van der Waals surface area contributed by atoms with E-state index in [1.165, 1.54) is 12.1 Å². The number of carbonyl (C=O) groups excluding carboxylic acids is 1. The van der Waals surface area contributed by atoms with E-state index in [2.05, 4.69) is 15.4 Å². The van der Waals surface area contributed by atoms with Gasteiger partial charge < -0.3 is 4.74 Å². The molecule has 0 aliphatic heterocycles. The molecule has 0 spiro atoms. The summed E-state index contributed by atoms with van der Waals surface area (Å²) in [6.07, 6.45) is -4.40. The number of nitrogens with one attached hydrogen (secondary N) is 1. The first-order valence-electron chi connectivity index (χ1n) is 6.58. The quantitative estimate of drug-likeness (QED) is 0.734. The molecule has 1 aromatic carbocycles. The normalized spacial score (nSPS) is 11.8. The van der Waals surface area contributed by atoms with Crippen LogP contribution in [-0.2, 0) is 10.9 Å². The molecule has 2 aromatic heterocycles. The second-order valence-corrected chi connectivity index (χ2v) is 5.51. The van der Waals surface area contributed by atoms with Gasteiger partial charge in [0, 0.05) is 21.0 Å². The summed E-state index contributed by atoms with van der Waals surface area (Å²) in [5.41, 5.74) is 0.0609. The van der Waals surface area contributed by atoms with Gasteiger partial charge in [-0.25, -0.2) is 4.79 Å². The maximum atomic E-state index is 12.9. The average molecular weight is 341 g/mol. The van der Waals surface area contributed by atoms with Crippen molar-refractivity contribution in [1.29, 1.82) is 0 Å². The van der Waals surface area contributed by atoms with Crippen LogP contribution in [0.15, 0.2) is 23.6 Å². The van der Waals surface area contributed by atoms with Gasteiger partial charge in [-0.2, -0.15) is 23.5 Å². The van der Waals surface area contributed by atoms with Crippen molar-refractivity contribution in [1.82, 2.24) is 15.4 Å². The number of hydrogen-bond donors (Lipinski definition) is 1. The van der Waals surface area contributed by atoms with Crippen molar-refractivity contribution in [3.8, 4) is 11.3 Å². The number of alkyl halides is 3. The number of ether oxygens (including phenoxy) is 1. The highest BCUT2D eigenvalue weighted by molar-refractivity contribution is 7.17. The summed E-state index contributed by atoms with van der Waals surface area (Å²) in [5.74, 6) is -0.640. The summed E-state index contributed by atoms with van der Waals surface area (Å²) >= 11 is 0.982. The van der Waals surface area contributed by atoms with Gasteiger partial charge in [-0.05, 0) is 13.0 Å². The lowest BCUT2D eigenvalue weighted by Crippen LogP contribution is -2.06. The predicted octanol–water partition coefficient (Wildman–Crippen LogP) is 3.88. The van der Waals surface area contributed by atoms with Crippen LogP contribution < -0.4 is 0 Å². The molecule has 3 aromatic rings. The van der Waals surface area contributed by atoms with E-state index in [-0.39, 0.29) is 23.4 Å². The van der Waals surface area contributed by atoms with Crippen LogP contribution in [0.1, 0.15) is 23.0 Å². The largest absolute Gasteiger partial charge is 0.461 e. The number of aromatic nitrogens is 3. The van der Waals surface area contributed by atoms with Gasteiger partial charge in [0.2, 0.25) is 0 Å². The zero-order valence-corrected chi connectivity index (χ0v) is 12.6. The third-order valence-corrected chi connectivity index (χ3v) is 4.12. The molecule has 0 saturated heterocycles. The summed E-state index contributed by atoms with van der Waals surface area (Å²) in [6, 6.07) is 4.40.